The predicted molar refractivity (Wildman–Crippen MR) is 45.1 cm³/mol. The normalized spacial score (nSPS) is 16.7. The minimum Gasteiger partial charge on any atom is -0.382 e. The lowest BCUT2D eigenvalue weighted by Gasteiger charge is -1.87. The first-order valence-corrected chi connectivity index (χ1v) is 4.45. The summed E-state index contributed by atoms with van der Waals surface area (Å²) in [4.78, 5) is 4.24. The van der Waals surface area contributed by atoms with Crippen LogP contribution in [0.15, 0.2) is 5.38 Å². The highest BCUT2D eigenvalue weighted by Crippen LogP contribution is 2.41. The first kappa shape index (κ1) is 6.79. The molecule has 1 aromatic heterocycles. The Morgan fingerprint density at radius 3 is 2.91 bits per heavy atom. The molecular formula is C7H9N3S. The van der Waals surface area contributed by atoms with Gasteiger partial charge in [0.25, 0.3) is 0 Å². The Hall–Kier alpha value is -0.900. The molecule has 0 radical (unpaired) electrons. The van der Waals surface area contributed by atoms with Crippen molar-refractivity contribution in [2.24, 2.45) is 5.73 Å². The fourth-order valence-corrected chi connectivity index (χ4v) is 1.92. The molecule has 0 bridgehead atoms. The van der Waals surface area contributed by atoms with Gasteiger partial charge in [0.1, 0.15) is 11.5 Å². The van der Waals surface area contributed by atoms with Gasteiger partial charge in [-0.15, -0.1) is 11.3 Å². The number of amidine groups is 1. The standard InChI is InChI=1S/C7H9N3S/c8-6(9)5-3-11-7(10-5)4-1-2-4/h3-4H,1-2H2,(H3,8,9). The Balaban J connectivity index is 2.25. The number of nitrogen functional groups attached to an aromatic ring is 1. The summed E-state index contributed by atoms with van der Waals surface area (Å²) in [7, 11) is 0. The van der Waals surface area contributed by atoms with Gasteiger partial charge < -0.3 is 5.73 Å². The van der Waals surface area contributed by atoms with E-state index in [4.69, 9.17) is 11.1 Å². The second kappa shape index (κ2) is 2.30. The zero-order chi connectivity index (χ0) is 7.84. The SMILES string of the molecule is N=C(N)c1csc(C2CC2)n1. The van der Waals surface area contributed by atoms with Gasteiger partial charge in [-0.1, -0.05) is 0 Å². The van der Waals surface area contributed by atoms with Crippen molar-refractivity contribution >= 4 is 17.2 Å². The van der Waals surface area contributed by atoms with Crippen molar-refractivity contribution in [2.75, 3.05) is 0 Å². The first-order chi connectivity index (χ1) is 5.27. The molecule has 1 fully saturated rings. The third-order valence-electron chi connectivity index (χ3n) is 1.72. The molecule has 2 rings (SSSR count). The lowest BCUT2D eigenvalue weighted by molar-refractivity contribution is 1.07. The van der Waals surface area contributed by atoms with Gasteiger partial charge in [-0.05, 0) is 12.8 Å². The Bertz CT molecular complexity index is 288. The molecule has 0 spiro atoms. The highest BCUT2D eigenvalue weighted by Gasteiger charge is 2.26. The Morgan fingerprint density at radius 1 is 1.73 bits per heavy atom. The van der Waals surface area contributed by atoms with Crippen LogP contribution in [0, 0.1) is 5.41 Å². The fourth-order valence-electron chi connectivity index (χ4n) is 0.929. The minimum atomic E-state index is 0.0770. The largest absolute Gasteiger partial charge is 0.382 e. The van der Waals surface area contributed by atoms with E-state index in [-0.39, 0.29) is 5.84 Å². The average molecular weight is 167 g/mol. The molecule has 1 aliphatic carbocycles. The number of nitrogens with one attached hydrogen (secondary N) is 1. The molecule has 0 saturated heterocycles. The molecule has 1 aliphatic rings. The van der Waals surface area contributed by atoms with Crippen LogP contribution in [0.3, 0.4) is 0 Å². The maximum atomic E-state index is 7.13. The summed E-state index contributed by atoms with van der Waals surface area (Å²) in [6.45, 7) is 0. The van der Waals surface area contributed by atoms with E-state index in [0.29, 0.717) is 11.6 Å². The van der Waals surface area contributed by atoms with Gasteiger partial charge in [0.05, 0.1) is 5.01 Å². The van der Waals surface area contributed by atoms with Crippen LogP contribution in [0.1, 0.15) is 29.5 Å². The van der Waals surface area contributed by atoms with Crippen LogP contribution in [-0.2, 0) is 0 Å². The molecule has 0 aliphatic heterocycles. The average Bonchev–Trinajstić information content (AvgIpc) is 2.68. The molecule has 0 unspecified atom stereocenters. The van der Waals surface area contributed by atoms with E-state index in [1.54, 1.807) is 11.3 Å². The van der Waals surface area contributed by atoms with Gasteiger partial charge in [-0.2, -0.15) is 0 Å². The van der Waals surface area contributed by atoms with Crippen molar-refractivity contribution in [3.05, 3.63) is 16.1 Å². The van der Waals surface area contributed by atoms with Crippen LogP contribution < -0.4 is 5.73 Å². The van der Waals surface area contributed by atoms with Crippen LogP contribution in [0.5, 0.6) is 0 Å². The lowest BCUT2D eigenvalue weighted by Crippen LogP contribution is -2.11. The summed E-state index contributed by atoms with van der Waals surface area (Å²) in [6, 6.07) is 0. The Kier molecular flexibility index (Phi) is 1.42. The third kappa shape index (κ3) is 1.26. The molecule has 1 aromatic rings. The van der Waals surface area contributed by atoms with Crippen LogP contribution in [0.4, 0.5) is 0 Å². The third-order valence-corrected chi connectivity index (χ3v) is 2.73. The van der Waals surface area contributed by atoms with E-state index in [2.05, 4.69) is 4.98 Å². The van der Waals surface area contributed by atoms with Gasteiger partial charge >= 0.3 is 0 Å². The van der Waals surface area contributed by atoms with E-state index in [9.17, 15) is 0 Å². The van der Waals surface area contributed by atoms with Crippen molar-refractivity contribution in [2.45, 2.75) is 18.8 Å². The molecule has 0 amide bonds. The minimum absolute atomic E-state index is 0.0770. The highest BCUT2D eigenvalue weighted by atomic mass is 32.1. The van der Waals surface area contributed by atoms with E-state index < -0.39 is 0 Å². The quantitative estimate of drug-likeness (QED) is 0.515. The van der Waals surface area contributed by atoms with Crippen molar-refractivity contribution in [3.8, 4) is 0 Å². The number of nitrogens with two attached hydrogens (primary N) is 1. The summed E-state index contributed by atoms with van der Waals surface area (Å²) in [6.07, 6.45) is 2.51. The highest BCUT2D eigenvalue weighted by molar-refractivity contribution is 7.10. The summed E-state index contributed by atoms with van der Waals surface area (Å²) in [5.41, 5.74) is 5.91. The van der Waals surface area contributed by atoms with Crippen LogP contribution in [0.25, 0.3) is 0 Å². The number of hydrogen-bond acceptors (Lipinski definition) is 3. The number of aromatic nitrogens is 1. The van der Waals surface area contributed by atoms with Crippen molar-refractivity contribution in [3.63, 3.8) is 0 Å². The van der Waals surface area contributed by atoms with Crippen molar-refractivity contribution in [1.29, 1.82) is 5.41 Å². The van der Waals surface area contributed by atoms with Crippen molar-refractivity contribution in [1.82, 2.24) is 4.98 Å². The Morgan fingerprint density at radius 2 is 2.45 bits per heavy atom. The zero-order valence-corrected chi connectivity index (χ0v) is 6.82. The van der Waals surface area contributed by atoms with Crippen LogP contribution in [-0.4, -0.2) is 10.8 Å². The monoisotopic (exact) mass is 167 g/mol. The molecule has 3 N–H and O–H groups in total. The molecule has 4 heteroatoms. The molecular weight excluding hydrogens is 158 g/mol. The van der Waals surface area contributed by atoms with E-state index in [1.807, 2.05) is 5.38 Å². The fraction of sp³-hybridized carbons (Fsp3) is 0.429. The van der Waals surface area contributed by atoms with Crippen LogP contribution in [0.2, 0.25) is 0 Å². The lowest BCUT2D eigenvalue weighted by atomic mass is 10.4. The predicted octanol–water partition coefficient (Wildman–Crippen LogP) is 1.30. The maximum absolute atomic E-state index is 7.13. The maximum Gasteiger partial charge on any atom is 0.142 e. The topological polar surface area (TPSA) is 62.8 Å². The van der Waals surface area contributed by atoms with Gasteiger partial charge in [0.15, 0.2) is 0 Å². The summed E-state index contributed by atoms with van der Waals surface area (Å²) >= 11 is 1.62. The van der Waals surface area contributed by atoms with Gasteiger partial charge in [-0.3, -0.25) is 5.41 Å². The number of hydrogen-bond donors (Lipinski definition) is 2. The number of nitrogens with zero attached hydrogens (tertiary/aromatic N) is 1. The molecule has 1 heterocycles. The van der Waals surface area contributed by atoms with E-state index in [1.165, 1.54) is 12.8 Å². The summed E-state index contributed by atoms with van der Waals surface area (Å²) in [5, 5.41) is 10.1. The molecule has 1 saturated carbocycles. The number of rotatable bonds is 2. The Labute approximate surface area is 68.8 Å². The zero-order valence-electron chi connectivity index (χ0n) is 6.00. The second-order valence-corrected chi connectivity index (χ2v) is 3.65. The molecule has 0 atom stereocenters. The van der Waals surface area contributed by atoms with Gasteiger partial charge in [-0.25, -0.2) is 4.98 Å². The molecule has 0 aromatic carbocycles. The van der Waals surface area contributed by atoms with Gasteiger partial charge in [0.2, 0.25) is 0 Å². The second-order valence-electron chi connectivity index (χ2n) is 2.76. The van der Waals surface area contributed by atoms with Crippen LogP contribution >= 0.6 is 11.3 Å². The molecule has 3 nitrogen and oxygen atoms in total. The smallest absolute Gasteiger partial charge is 0.142 e. The number of thiazole rings is 1. The first-order valence-electron chi connectivity index (χ1n) is 3.57. The van der Waals surface area contributed by atoms with E-state index >= 15 is 0 Å². The summed E-state index contributed by atoms with van der Waals surface area (Å²) < 4.78 is 0. The summed E-state index contributed by atoms with van der Waals surface area (Å²) in [5.74, 6) is 0.751. The van der Waals surface area contributed by atoms with Gasteiger partial charge in [0, 0.05) is 11.3 Å². The van der Waals surface area contributed by atoms with E-state index in [0.717, 1.165) is 5.01 Å². The van der Waals surface area contributed by atoms with Crippen molar-refractivity contribution < 1.29 is 0 Å². The molecule has 58 valence electrons. The molecule has 11 heavy (non-hydrogen) atoms.